The Labute approximate surface area is 304 Å². The molecule has 2 heteroatoms. The quantitative estimate of drug-likeness (QED) is 0.172. The van der Waals surface area contributed by atoms with Crippen molar-refractivity contribution in [1.29, 1.82) is 0 Å². The van der Waals surface area contributed by atoms with Gasteiger partial charge in [-0.2, -0.15) is 0 Å². The van der Waals surface area contributed by atoms with Gasteiger partial charge in [-0.15, -0.1) is 0 Å². The van der Waals surface area contributed by atoms with Gasteiger partial charge in [-0.25, -0.2) is 0 Å². The van der Waals surface area contributed by atoms with Crippen LogP contribution in [0.2, 0.25) is 0 Å². The first kappa shape index (κ1) is 30.2. The molecule has 2 nitrogen and oxygen atoms in total. The van der Waals surface area contributed by atoms with Crippen LogP contribution in [-0.4, -0.2) is 4.57 Å². The second kappa shape index (κ2) is 12.0. The van der Waals surface area contributed by atoms with Crippen LogP contribution in [0.15, 0.2) is 200 Å². The first-order chi connectivity index (χ1) is 25.7. The summed E-state index contributed by atoms with van der Waals surface area (Å²) in [5, 5.41) is 2.47. The Bertz CT molecular complexity index is 2690. The number of aromatic nitrogens is 1. The molecule has 0 fully saturated rings. The number of rotatable bonds is 6. The largest absolute Gasteiger partial charge is 0.310 e. The molecule has 1 aliphatic carbocycles. The number of anilines is 3. The zero-order valence-corrected chi connectivity index (χ0v) is 28.9. The van der Waals surface area contributed by atoms with Crippen LogP contribution in [0.3, 0.4) is 0 Å². The molecule has 0 saturated carbocycles. The topological polar surface area (TPSA) is 8.17 Å². The van der Waals surface area contributed by atoms with Gasteiger partial charge >= 0.3 is 0 Å². The number of benzene rings is 8. The molecule has 0 atom stereocenters. The summed E-state index contributed by atoms with van der Waals surface area (Å²) in [5.74, 6) is 0. The molecule has 246 valence electrons. The molecule has 52 heavy (non-hydrogen) atoms. The predicted molar refractivity (Wildman–Crippen MR) is 218 cm³/mol. The second-order valence-corrected chi connectivity index (χ2v) is 13.9. The summed E-state index contributed by atoms with van der Waals surface area (Å²) in [6.07, 6.45) is 0. The van der Waals surface area contributed by atoms with Crippen molar-refractivity contribution in [3.63, 3.8) is 0 Å². The zero-order chi connectivity index (χ0) is 34.6. The number of hydrogen-bond donors (Lipinski definition) is 0. The molecule has 0 N–H and O–H groups in total. The van der Waals surface area contributed by atoms with Gasteiger partial charge in [0, 0.05) is 38.9 Å². The lowest BCUT2D eigenvalue weighted by Crippen LogP contribution is -2.23. The molecular formula is C50H36N2. The average molecular weight is 665 g/mol. The highest BCUT2D eigenvalue weighted by Gasteiger charge is 2.40. The molecular weight excluding hydrogens is 629 g/mol. The monoisotopic (exact) mass is 664 g/mol. The van der Waals surface area contributed by atoms with E-state index in [1.54, 1.807) is 0 Å². The van der Waals surface area contributed by atoms with E-state index in [0.29, 0.717) is 0 Å². The van der Waals surface area contributed by atoms with E-state index in [1.165, 1.54) is 60.8 Å². The van der Waals surface area contributed by atoms with Crippen LogP contribution in [-0.2, 0) is 5.41 Å². The van der Waals surface area contributed by atoms with Crippen molar-refractivity contribution in [3.05, 3.63) is 217 Å². The van der Waals surface area contributed by atoms with Crippen LogP contribution >= 0.6 is 0 Å². The van der Waals surface area contributed by atoms with E-state index in [1.807, 2.05) is 0 Å². The second-order valence-electron chi connectivity index (χ2n) is 13.9. The van der Waals surface area contributed by atoms with E-state index in [9.17, 15) is 0 Å². The Morgan fingerprint density at radius 1 is 0.404 bits per heavy atom. The van der Waals surface area contributed by atoms with Gasteiger partial charge in [0.2, 0.25) is 0 Å². The third-order valence-corrected chi connectivity index (χ3v) is 11.1. The Kier molecular flexibility index (Phi) is 6.97. The number of para-hydroxylation sites is 2. The van der Waals surface area contributed by atoms with Crippen molar-refractivity contribution < 1.29 is 0 Å². The molecule has 10 rings (SSSR count). The van der Waals surface area contributed by atoms with E-state index >= 15 is 0 Å². The van der Waals surface area contributed by atoms with E-state index in [2.05, 4.69) is 217 Å². The molecule has 8 aromatic carbocycles. The molecule has 0 bridgehead atoms. The maximum absolute atomic E-state index is 2.42. The lowest BCUT2D eigenvalue weighted by Gasteiger charge is -2.31. The minimum absolute atomic E-state index is 0.293. The average Bonchev–Trinajstić information content (AvgIpc) is 3.69. The van der Waals surface area contributed by atoms with Crippen LogP contribution < -0.4 is 4.90 Å². The SMILES string of the molecule is CC1(c2cccc(N(c3ccc(-c4ccccc4)cc3)c3ccc4c(c3)c3ccccc3n4-c3ccccc3)c2)c2ccccc2-c2ccccc21. The third kappa shape index (κ3) is 4.65. The number of nitrogens with zero attached hydrogens (tertiary/aromatic N) is 2. The highest BCUT2D eigenvalue weighted by Crippen LogP contribution is 2.53. The Hall–Kier alpha value is -6.64. The van der Waals surface area contributed by atoms with Gasteiger partial charge in [0.15, 0.2) is 0 Å². The summed E-state index contributed by atoms with van der Waals surface area (Å²) in [7, 11) is 0. The first-order valence-corrected chi connectivity index (χ1v) is 18.0. The van der Waals surface area contributed by atoms with E-state index < -0.39 is 0 Å². The lowest BCUT2D eigenvalue weighted by molar-refractivity contribution is 0.714. The minimum atomic E-state index is -0.293. The van der Waals surface area contributed by atoms with Gasteiger partial charge in [0.25, 0.3) is 0 Å². The fourth-order valence-corrected chi connectivity index (χ4v) is 8.56. The molecule has 1 aromatic heterocycles. The van der Waals surface area contributed by atoms with Crippen molar-refractivity contribution in [2.75, 3.05) is 4.90 Å². The molecule has 0 saturated heterocycles. The van der Waals surface area contributed by atoms with Crippen LogP contribution in [0.1, 0.15) is 23.6 Å². The van der Waals surface area contributed by atoms with Crippen LogP contribution in [0.4, 0.5) is 17.1 Å². The Morgan fingerprint density at radius 2 is 0.962 bits per heavy atom. The fraction of sp³-hybridized carbons (Fsp3) is 0.0400. The van der Waals surface area contributed by atoms with Crippen LogP contribution in [0.25, 0.3) is 49.7 Å². The zero-order valence-electron chi connectivity index (χ0n) is 28.9. The Balaban J connectivity index is 1.18. The lowest BCUT2D eigenvalue weighted by atomic mass is 9.74. The van der Waals surface area contributed by atoms with Crippen molar-refractivity contribution in [3.8, 4) is 27.9 Å². The summed E-state index contributed by atoms with van der Waals surface area (Å²) >= 11 is 0. The highest BCUT2D eigenvalue weighted by atomic mass is 15.1. The van der Waals surface area contributed by atoms with Gasteiger partial charge in [-0.1, -0.05) is 140 Å². The minimum Gasteiger partial charge on any atom is -0.310 e. The van der Waals surface area contributed by atoms with Crippen molar-refractivity contribution >= 4 is 38.9 Å². The number of fused-ring (bicyclic) bond motifs is 6. The van der Waals surface area contributed by atoms with E-state index in [0.717, 1.165) is 22.7 Å². The van der Waals surface area contributed by atoms with Gasteiger partial charge in [0.05, 0.1) is 11.0 Å². The normalized spacial score (nSPS) is 12.9. The van der Waals surface area contributed by atoms with E-state index in [4.69, 9.17) is 0 Å². The summed E-state index contributed by atoms with van der Waals surface area (Å²) in [6.45, 7) is 2.39. The summed E-state index contributed by atoms with van der Waals surface area (Å²) in [5.41, 5.74) is 15.6. The summed E-state index contributed by atoms with van der Waals surface area (Å²) in [4.78, 5) is 2.42. The molecule has 1 aliphatic rings. The van der Waals surface area contributed by atoms with Gasteiger partial charge < -0.3 is 9.47 Å². The smallest absolute Gasteiger partial charge is 0.0542 e. The molecule has 0 radical (unpaired) electrons. The maximum atomic E-state index is 2.42. The summed E-state index contributed by atoms with van der Waals surface area (Å²) < 4.78 is 2.38. The molecule has 0 spiro atoms. The number of hydrogen-bond acceptors (Lipinski definition) is 1. The highest BCUT2D eigenvalue weighted by molar-refractivity contribution is 6.10. The third-order valence-electron chi connectivity index (χ3n) is 11.1. The van der Waals surface area contributed by atoms with Crippen molar-refractivity contribution in [2.45, 2.75) is 12.3 Å². The maximum Gasteiger partial charge on any atom is 0.0542 e. The van der Waals surface area contributed by atoms with Crippen molar-refractivity contribution in [1.82, 2.24) is 4.57 Å². The van der Waals surface area contributed by atoms with Crippen LogP contribution in [0.5, 0.6) is 0 Å². The molecule has 0 aliphatic heterocycles. The molecule has 1 heterocycles. The standard InChI is InChI=1S/C50H36N2/c1-50(46-24-11-8-21-42(46)43-22-9-12-25-47(43)50)37-17-14-20-40(33-37)51(39-29-27-36(28-30-39)35-15-4-2-5-16-35)41-31-32-49-45(34-41)44-23-10-13-26-48(44)52(49)38-18-6-3-7-19-38/h2-34H,1H3. The van der Waals surface area contributed by atoms with Crippen molar-refractivity contribution in [2.24, 2.45) is 0 Å². The van der Waals surface area contributed by atoms with E-state index in [-0.39, 0.29) is 5.41 Å². The summed E-state index contributed by atoms with van der Waals surface area (Å²) in [6, 6.07) is 73.0. The molecule has 0 unspecified atom stereocenters. The van der Waals surface area contributed by atoms with Crippen LogP contribution in [0, 0.1) is 0 Å². The Morgan fingerprint density at radius 3 is 1.69 bits per heavy atom. The van der Waals surface area contributed by atoms with Gasteiger partial charge in [-0.05, 0) is 107 Å². The van der Waals surface area contributed by atoms with Gasteiger partial charge in [0.1, 0.15) is 0 Å². The first-order valence-electron chi connectivity index (χ1n) is 18.0. The molecule has 0 amide bonds. The molecule has 9 aromatic rings. The van der Waals surface area contributed by atoms with Gasteiger partial charge in [-0.3, -0.25) is 0 Å². The predicted octanol–water partition coefficient (Wildman–Crippen LogP) is 13.3. The fourth-order valence-electron chi connectivity index (χ4n) is 8.56.